The van der Waals surface area contributed by atoms with Gasteiger partial charge in [-0.2, -0.15) is 0 Å². The van der Waals surface area contributed by atoms with Crippen LogP contribution in [0.25, 0.3) is 0 Å². The molecule has 0 heterocycles. The summed E-state index contributed by atoms with van der Waals surface area (Å²) in [6.45, 7) is 6.32. The molecule has 0 bridgehead atoms. The maximum Gasteiger partial charge on any atom is 0.161 e. The van der Waals surface area contributed by atoms with Gasteiger partial charge in [-0.05, 0) is 19.1 Å². The first-order valence-corrected chi connectivity index (χ1v) is 5.97. The molecular formula is C14H21NO3. The van der Waals surface area contributed by atoms with Crippen LogP contribution >= 0.6 is 0 Å². The summed E-state index contributed by atoms with van der Waals surface area (Å²) in [4.78, 5) is 0. The van der Waals surface area contributed by atoms with Crippen molar-refractivity contribution in [3.63, 3.8) is 0 Å². The average Bonchev–Trinajstić information content (AvgIpc) is 2.42. The van der Waals surface area contributed by atoms with Gasteiger partial charge in [0.15, 0.2) is 11.5 Å². The largest absolute Gasteiger partial charge is 0.493 e. The molecule has 0 aliphatic carbocycles. The number of para-hydroxylation sites is 2. The first-order valence-electron chi connectivity index (χ1n) is 5.97. The smallest absolute Gasteiger partial charge is 0.161 e. The number of hydrogen-bond donors (Lipinski definition) is 2. The summed E-state index contributed by atoms with van der Waals surface area (Å²) in [7, 11) is 1.59. The molecule has 4 nitrogen and oxygen atoms in total. The lowest BCUT2D eigenvalue weighted by Crippen LogP contribution is -2.35. The molecule has 0 aromatic heterocycles. The Labute approximate surface area is 108 Å². The SMILES string of the molecule is C=CC(C)NCC(O)COc1ccccc1OC. The van der Waals surface area contributed by atoms with Crippen molar-refractivity contribution in [2.75, 3.05) is 20.3 Å². The molecule has 1 aromatic carbocycles. The third-order valence-electron chi connectivity index (χ3n) is 2.53. The molecule has 2 atom stereocenters. The molecule has 0 radical (unpaired) electrons. The van der Waals surface area contributed by atoms with Gasteiger partial charge in [-0.15, -0.1) is 6.58 Å². The number of nitrogens with one attached hydrogen (secondary N) is 1. The van der Waals surface area contributed by atoms with Crippen molar-refractivity contribution < 1.29 is 14.6 Å². The molecule has 100 valence electrons. The fourth-order valence-corrected chi connectivity index (χ4v) is 1.39. The topological polar surface area (TPSA) is 50.7 Å². The van der Waals surface area contributed by atoms with Gasteiger partial charge in [0.1, 0.15) is 12.7 Å². The molecule has 18 heavy (non-hydrogen) atoms. The monoisotopic (exact) mass is 251 g/mol. The van der Waals surface area contributed by atoms with E-state index < -0.39 is 6.10 Å². The highest BCUT2D eigenvalue weighted by Crippen LogP contribution is 2.25. The lowest BCUT2D eigenvalue weighted by molar-refractivity contribution is 0.103. The molecule has 0 fully saturated rings. The first-order chi connectivity index (χ1) is 8.67. The van der Waals surface area contributed by atoms with E-state index in [1.54, 1.807) is 13.2 Å². The van der Waals surface area contributed by atoms with Crippen molar-refractivity contribution in [2.45, 2.75) is 19.1 Å². The number of ether oxygens (including phenoxy) is 2. The molecule has 4 heteroatoms. The van der Waals surface area contributed by atoms with Gasteiger partial charge in [-0.3, -0.25) is 0 Å². The normalized spacial score (nSPS) is 13.7. The van der Waals surface area contributed by atoms with Gasteiger partial charge in [-0.1, -0.05) is 18.2 Å². The minimum absolute atomic E-state index is 0.172. The van der Waals surface area contributed by atoms with Crippen molar-refractivity contribution in [3.8, 4) is 11.5 Å². The van der Waals surface area contributed by atoms with Crippen molar-refractivity contribution in [1.29, 1.82) is 0 Å². The molecule has 0 amide bonds. The summed E-state index contributed by atoms with van der Waals surface area (Å²) in [6, 6.07) is 7.54. The molecule has 0 saturated carbocycles. The molecule has 0 aliphatic rings. The summed E-state index contributed by atoms with van der Waals surface area (Å²) >= 11 is 0. The number of hydrogen-bond acceptors (Lipinski definition) is 4. The number of aliphatic hydroxyl groups excluding tert-OH is 1. The van der Waals surface area contributed by atoms with Crippen molar-refractivity contribution in [2.24, 2.45) is 0 Å². The minimum Gasteiger partial charge on any atom is -0.493 e. The molecular weight excluding hydrogens is 230 g/mol. The van der Waals surface area contributed by atoms with E-state index in [-0.39, 0.29) is 12.6 Å². The molecule has 0 spiro atoms. The highest BCUT2D eigenvalue weighted by Gasteiger charge is 2.08. The van der Waals surface area contributed by atoms with Crippen LogP contribution in [-0.2, 0) is 0 Å². The van der Waals surface area contributed by atoms with Gasteiger partial charge in [0, 0.05) is 12.6 Å². The zero-order chi connectivity index (χ0) is 13.4. The maximum absolute atomic E-state index is 9.76. The second-order valence-electron chi connectivity index (χ2n) is 4.05. The fraction of sp³-hybridized carbons (Fsp3) is 0.429. The average molecular weight is 251 g/mol. The molecule has 0 aliphatic heterocycles. The zero-order valence-electron chi connectivity index (χ0n) is 10.9. The Morgan fingerprint density at radius 3 is 2.67 bits per heavy atom. The summed E-state index contributed by atoms with van der Waals surface area (Å²) in [5, 5.41) is 12.9. The van der Waals surface area contributed by atoms with E-state index in [2.05, 4.69) is 11.9 Å². The van der Waals surface area contributed by atoms with E-state index in [0.29, 0.717) is 18.0 Å². The maximum atomic E-state index is 9.76. The van der Waals surface area contributed by atoms with Crippen LogP contribution in [0, 0.1) is 0 Å². The third-order valence-corrected chi connectivity index (χ3v) is 2.53. The Hall–Kier alpha value is -1.52. The van der Waals surface area contributed by atoms with Crippen molar-refractivity contribution >= 4 is 0 Å². The predicted octanol–water partition coefficient (Wildman–Crippen LogP) is 1.60. The Kier molecular flexibility index (Phi) is 6.25. The van der Waals surface area contributed by atoms with E-state index in [4.69, 9.17) is 9.47 Å². The van der Waals surface area contributed by atoms with Gasteiger partial charge >= 0.3 is 0 Å². The zero-order valence-corrected chi connectivity index (χ0v) is 10.9. The van der Waals surface area contributed by atoms with Gasteiger partial charge in [0.25, 0.3) is 0 Å². The van der Waals surface area contributed by atoms with Crippen LogP contribution < -0.4 is 14.8 Å². The number of benzene rings is 1. The van der Waals surface area contributed by atoms with E-state index in [1.807, 2.05) is 31.2 Å². The number of methoxy groups -OCH3 is 1. The van der Waals surface area contributed by atoms with Gasteiger partial charge in [0.2, 0.25) is 0 Å². The van der Waals surface area contributed by atoms with Crippen LogP contribution in [0.1, 0.15) is 6.92 Å². The van der Waals surface area contributed by atoms with E-state index >= 15 is 0 Å². The van der Waals surface area contributed by atoms with E-state index in [0.717, 1.165) is 0 Å². The molecule has 2 unspecified atom stereocenters. The van der Waals surface area contributed by atoms with Crippen molar-refractivity contribution in [3.05, 3.63) is 36.9 Å². The number of rotatable bonds is 8. The molecule has 1 aromatic rings. The first kappa shape index (κ1) is 14.5. The summed E-state index contributed by atoms with van der Waals surface area (Å²) < 4.78 is 10.7. The fourth-order valence-electron chi connectivity index (χ4n) is 1.39. The standard InChI is InChI=1S/C14H21NO3/c1-4-11(2)15-9-12(16)10-18-14-8-6-5-7-13(14)17-3/h4-8,11-12,15-16H,1,9-10H2,2-3H3. The Morgan fingerprint density at radius 2 is 2.06 bits per heavy atom. The van der Waals surface area contributed by atoms with E-state index in [1.165, 1.54) is 0 Å². The van der Waals surface area contributed by atoms with Gasteiger partial charge < -0.3 is 19.9 Å². The predicted molar refractivity (Wildman–Crippen MR) is 72.2 cm³/mol. The van der Waals surface area contributed by atoms with E-state index in [9.17, 15) is 5.11 Å². The Balaban J connectivity index is 2.37. The Morgan fingerprint density at radius 1 is 1.39 bits per heavy atom. The van der Waals surface area contributed by atoms with Crippen LogP contribution in [0.3, 0.4) is 0 Å². The highest BCUT2D eigenvalue weighted by molar-refractivity contribution is 5.39. The third kappa shape index (κ3) is 4.77. The van der Waals surface area contributed by atoms with Crippen molar-refractivity contribution in [1.82, 2.24) is 5.32 Å². The molecule has 2 N–H and O–H groups in total. The lowest BCUT2D eigenvalue weighted by Gasteiger charge is -2.16. The van der Waals surface area contributed by atoms with Crippen LogP contribution in [0.15, 0.2) is 36.9 Å². The second-order valence-corrected chi connectivity index (χ2v) is 4.05. The Bertz CT molecular complexity index is 368. The molecule has 1 rings (SSSR count). The second kappa shape index (κ2) is 7.74. The number of aliphatic hydroxyl groups is 1. The van der Waals surface area contributed by atoms with Gasteiger partial charge in [-0.25, -0.2) is 0 Å². The highest BCUT2D eigenvalue weighted by atomic mass is 16.5. The van der Waals surface area contributed by atoms with Crippen LogP contribution in [0.4, 0.5) is 0 Å². The summed E-state index contributed by atoms with van der Waals surface area (Å²) in [5.74, 6) is 1.30. The molecule has 0 saturated heterocycles. The van der Waals surface area contributed by atoms with Crippen LogP contribution in [-0.4, -0.2) is 37.5 Å². The van der Waals surface area contributed by atoms with Crippen LogP contribution in [0.2, 0.25) is 0 Å². The lowest BCUT2D eigenvalue weighted by atomic mass is 10.3. The summed E-state index contributed by atoms with van der Waals surface area (Å²) in [5.41, 5.74) is 0. The van der Waals surface area contributed by atoms with Crippen LogP contribution in [0.5, 0.6) is 11.5 Å². The van der Waals surface area contributed by atoms with Gasteiger partial charge in [0.05, 0.1) is 7.11 Å². The quantitative estimate of drug-likeness (QED) is 0.689. The minimum atomic E-state index is -0.572. The summed E-state index contributed by atoms with van der Waals surface area (Å²) in [6.07, 6.45) is 1.21.